The molecular weight excluding hydrogens is 448 g/mol. The molecule has 178 valence electrons. The molecule has 2 aliphatic rings. The molecule has 34 heavy (non-hydrogen) atoms. The van der Waals surface area contributed by atoms with E-state index in [-0.39, 0.29) is 40.0 Å². The van der Waals surface area contributed by atoms with Crippen LogP contribution < -0.4 is 10.6 Å². The molecule has 4 rings (SSSR count). The molecule has 2 N–H and O–H groups in total. The smallest absolute Gasteiger partial charge is 0.362 e. The number of Topliss-reactive ketones (excluding diaryl/α,β-unsaturated/α-hetero) is 1. The van der Waals surface area contributed by atoms with Crippen LogP contribution in [0.1, 0.15) is 50.7 Å². The molecule has 1 amide bonds. The Labute approximate surface area is 194 Å². The number of rotatable bonds is 3. The van der Waals surface area contributed by atoms with Crippen molar-refractivity contribution in [1.82, 2.24) is 5.32 Å². The van der Waals surface area contributed by atoms with Gasteiger partial charge in [-0.15, -0.1) is 0 Å². The summed E-state index contributed by atoms with van der Waals surface area (Å²) in [6.07, 6.45) is -4.08. The molecule has 1 atom stereocenters. The lowest BCUT2D eigenvalue weighted by Crippen LogP contribution is -2.39. The summed E-state index contributed by atoms with van der Waals surface area (Å²) in [4.78, 5) is 26.7. The van der Waals surface area contributed by atoms with Crippen molar-refractivity contribution in [3.8, 4) is 0 Å². The summed E-state index contributed by atoms with van der Waals surface area (Å²) < 4.78 is 55.6. The third kappa shape index (κ3) is 4.49. The first-order valence-electron chi connectivity index (χ1n) is 10.8. The van der Waals surface area contributed by atoms with E-state index in [9.17, 15) is 27.2 Å². The Balaban J connectivity index is 1.89. The van der Waals surface area contributed by atoms with Gasteiger partial charge < -0.3 is 10.6 Å². The van der Waals surface area contributed by atoms with Crippen LogP contribution in [0.25, 0.3) is 0 Å². The fraction of sp³-hybridized carbons (Fsp3) is 0.308. The number of hydrogen-bond acceptors (Lipinski definition) is 3. The summed E-state index contributed by atoms with van der Waals surface area (Å²) in [6.45, 7) is 5.43. The second-order valence-corrected chi connectivity index (χ2v) is 9.48. The molecule has 0 aromatic heterocycles. The van der Waals surface area contributed by atoms with Crippen LogP contribution in [-0.4, -0.2) is 11.7 Å². The highest BCUT2D eigenvalue weighted by Gasteiger charge is 2.45. The van der Waals surface area contributed by atoms with E-state index >= 15 is 0 Å². The van der Waals surface area contributed by atoms with Crippen LogP contribution in [0.3, 0.4) is 0 Å². The highest BCUT2D eigenvalue weighted by atomic mass is 19.4. The van der Waals surface area contributed by atoms with Crippen molar-refractivity contribution < 1.29 is 27.2 Å². The van der Waals surface area contributed by atoms with Gasteiger partial charge in [-0.1, -0.05) is 38.1 Å². The summed E-state index contributed by atoms with van der Waals surface area (Å²) >= 11 is 0. The third-order valence-electron chi connectivity index (χ3n) is 6.14. The first kappa shape index (κ1) is 23.7. The summed E-state index contributed by atoms with van der Waals surface area (Å²) in [7, 11) is 0. The Morgan fingerprint density at radius 2 is 1.79 bits per heavy atom. The number of nitrogens with one attached hydrogen (secondary N) is 2. The van der Waals surface area contributed by atoms with Crippen LogP contribution >= 0.6 is 0 Å². The van der Waals surface area contributed by atoms with Crippen molar-refractivity contribution in [2.24, 2.45) is 5.41 Å². The second kappa shape index (κ2) is 8.42. The van der Waals surface area contributed by atoms with E-state index in [1.54, 1.807) is 6.92 Å². The zero-order valence-corrected chi connectivity index (χ0v) is 18.9. The SMILES string of the molecule is CC1=C(C(=O)Nc2cccc(F)c2)[C@@H](c2ccccc2C(F)(F)F)C2=C(CC(C)(C)CC2=O)N1. The molecule has 0 radical (unpaired) electrons. The van der Waals surface area contributed by atoms with Gasteiger partial charge in [-0.3, -0.25) is 9.59 Å². The fourth-order valence-corrected chi connectivity index (χ4v) is 4.82. The van der Waals surface area contributed by atoms with Gasteiger partial charge in [-0.25, -0.2) is 4.39 Å². The normalized spacial score (nSPS) is 20.1. The lowest BCUT2D eigenvalue weighted by atomic mass is 9.68. The predicted octanol–water partition coefficient (Wildman–Crippen LogP) is 6.09. The molecule has 1 heterocycles. The number of halogens is 4. The Morgan fingerprint density at radius 3 is 2.47 bits per heavy atom. The number of carbonyl (C=O) groups is 2. The van der Waals surface area contributed by atoms with Crippen LogP contribution in [0.4, 0.5) is 23.2 Å². The number of carbonyl (C=O) groups excluding carboxylic acids is 2. The number of allylic oxidation sites excluding steroid dienone is 3. The van der Waals surface area contributed by atoms with E-state index in [4.69, 9.17) is 0 Å². The van der Waals surface area contributed by atoms with E-state index < -0.39 is 29.4 Å². The Kier molecular flexibility index (Phi) is 5.87. The van der Waals surface area contributed by atoms with Crippen molar-refractivity contribution >= 4 is 17.4 Å². The zero-order chi connectivity index (χ0) is 24.8. The van der Waals surface area contributed by atoms with E-state index in [0.717, 1.165) is 12.1 Å². The Morgan fingerprint density at radius 1 is 1.09 bits per heavy atom. The van der Waals surface area contributed by atoms with Gasteiger partial charge in [0.25, 0.3) is 5.91 Å². The van der Waals surface area contributed by atoms with Crippen LogP contribution in [-0.2, 0) is 15.8 Å². The van der Waals surface area contributed by atoms with Crippen molar-refractivity contribution in [3.63, 3.8) is 0 Å². The van der Waals surface area contributed by atoms with E-state index in [2.05, 4.69) is 10.6 Å². The maximum Gasteiger partial charge on any atom is 0.416 e. The number of anilines is 1. The number of benzene rings is 2. The van der Waals surface area contributed by atoms with Crippen LogP contribution in [0, 0.1) is 11.2 Å². The van der Waals surface area contributed by atoms with Gasteiger partial charge in [0.2, 0.25) is 0 Å². The predicted molar refractivity (Wildman–Crippen MR) is 120 cm³/mol. The molecule has 0 unspecified atom stereocenters. The van der Waals surface area contributed by atoms with Gasteiger partial charge in [0.05, 0.1) is 5.56 Å². The van der Waals surface area contributed by atoms with Gasteiger partial charge in [0.1, 0.15) is 5.82 Å². The number of amides is 1. The summed E-state index contributed by atoms with van der Waals surface area (Å²) in [6, 6.07) is 10.2. The summed E-state index contributed by atoms with van der Waals surface area (Å²) in [5, 5.41) is 5.69. The van der Waals surface area contributed by atoms with Crippen LogP contribution in [0.15, 0.2) is 71.1 Å². The largest absolute Gasteiger partial charge is 0.416 e. The zero-order valence-electron chi connectivity index (χ0n) is 18.9. The maximum absolute atomic E-state index is 14.0. The maximum atomic E-state index is 14.0. The molecule has 8 heteroatoms. The van der Waals surface area contributed by atoms with Crippen LogP contribution in [0.2, 0.25) is 0 Å². The van der Waals surface area contributed by atoms with E-state index in [1.165, 1.54) is 36.4 Å². The van der Waals surface area contributed by atoms with E-state index in [0.29, 0.717) is 17.8 Å². The first-order chi connectivity index (χ1) is 15.9. The van der Waals surface area contributed by atoms with Crippen molar-refractivity contribution in [1.29, 1.82) is 0 Å². The quantitative estimate of drug-likeness (QED) is 0.532. The molecule has 2 aromatic carbocycles. The Bertz CT molecular complexity index is 1240. The Hall–Kier alpha value is -3.42. The lowest BCUT2D eigenvalue weighted by molar-refractivity contribution is -0.138. The average Bonchev–Trinajstić information content (AvgIpc) is 2.71. The molecule has 1 aliphatic carbocycles. The molecule has 0 spiro atoms. The molecular formula is C26H24F4N2O2. The van der Waals surface area contributed by atoms with Crippen molar-refractivity contribution in [3.05, 3.63) is 88.0 Å². The minimum absolute atomic E-state index is 0.00670. The molecule has 2 aromatic rings. The lowest BCUT2D eigenvalue weighted by Gasteiger charge is -2.40. The van der Waals surface area contributed by atoms with Gasteiger partial charge in [-0.2, -0.15) is 13.2 Å². The van der Waals surface area contributed by atoms with Gasteiger partial charge in [-0.05, 0) is 48.6 Å². The van der Waals surface area contributed by atoms with Crippen LogP contribution in [0.5, 0.6) is 0 Å². The van der Waals surface area contributed by atoms with Crippen molar-refractivity contribution in [2.45, 2.75) is 45.7 Å². The molecule has 4 nitrogen and oxygen atoms in total. The van der Waals surface area contributed by atoms with Gasteiger partial charge >= 0.3 is 6.18 Å². The first-order valence-corrected chi connectivity index (χ1v) is 10.8. The molecule has 0 bridgehead atoms. The average molecular weight is 472 g/mol. The van der Waals surface area contributed by atoms with Gasteiger partial charge in [0, 0.05) is 40.6 Å². The number of dihydropyridines is 1. The standard InChI is InChI=1S/C26H24F4N2O2/c1-14-21(24(34)32-16-8-6-7-15(27)11-16)22(17-9-4-5-10-18(17)26(28,29)30)23-19(31-14)12-25(2,3)13-20(23)33/h4-11,22,31H,12-13H2,1-3H3,(H,32,34)/t22-/m1/s1. The highest BCUT2D eigenvalue weighted by molar-refractivity contribution is 6.10. The molecule has 0 saturated carbocycles. The number of hydrogen-bond donors (Lipinski definition) is 2. The molecule has 1 aliphatic heterocycles. The third-order valence-corrected chi connectivity index (χ3v) is 6.14. The van der Waals surface area contributed by atoms with Gasteiger partial charge in [0.15, 0.2) is 5.78 Å². The molecule has 0 fully saturated rings. The van der Waals surface area contributed by atoms with Crippen molar-refractivity contribution in [2.75, 3.05) is 5.32 Å². The summed E-state index contributed by atoms with van der Waals surface area (Å²) in [5.41, 5.74) is -0.249. The second-order valence-electron chi connectivity index (χ2n) is 9.48. The summed E-state index contributed by atoms with van der Waals surface area (Å²) in [5.74, 6) is -2.80. The minimum Gasteiger partial charge on any atom is -0.362 e. The topological polar surface area (TPSA) is 58.2 Å². The fourth-order valence-electron chi connectivity index (χ4n) is 4.82. The highest BCUT2D eigenvalue weighted by Crippen LogP contribution is 2.49. The number of ketones is 1. The minimum atomic E-state index is -4.68. The monoisotopic (exact) mass is 472 g/mol. The molecule has 0 saturated heterocycles. The number of alkyl halides is 3. The van der Waals surface area contributed by atoms with E-state index in [1.807, 2.05) is 13.8 Å².